The average molecular weight is 414 g/mol. The number of hydrogen-bond acceptors (Lipinski definition) is 4. The molecule has 0 amide bonds. The van der Waals surface area contributed by atoms with Crippen molar-refractivity contribution in [3.8, 4) is 5.75 Å². The average Bonchev–Trinajstić information content (AvgIpc) is 2.35. The summed E-state index contributed by atoms with van der Waals surface area (Å²) in [6.07, 6.45) is 0. The first-order chi connectivity index (χ1) is 9.99. The van der Waals surface area contributed by atoms with Crippen molar-refractivity contribution in [3.63, 3.8) is 0 Å². The molecule has 0 bridgehead atoms. The summed E-state index contributed by atoms with van der Waals surface area (Å²) in [5.74, 6) is 0.407. The van der Waals surface area contributed by atoms with Gasteiger partial charge in [0.15, 0.2) is 0 Å². The van der Waals surface area contributed by atoms with Crippen LogP contribution in [0.2, 0.25) is 10.0 Å². The molecule has 0 aliphatic heterocycles. The van der Waals surface area contributed by atoms with Crippen molar-refractivity contribution in [2.75, 3.05) is 11.9 Å². The largest absolute Gasteiger partial charge is 0.493 e. The molecule has 1 aromatic carbocycles. The molecule has 0 aromatic heterocycles. The maximum atomic E-state index is 10.3. The lowest BCUT2D eigenvalue weighted by atomic mass is 9.76. The summed E-state index contributed by atoms with van der Waals surface area (Å²) in [5.41, 5.74) is -1.82. The molecule has 0 heterocycles. The Morgan fingerprint density at radius 1 is 1.18 bits per heavy atom. The molecule has 8 heteroatoms. The van der Waals surface area contributed by atoms with Crippen molar-refractivity contribution in [1.29, 1.82) is 0 Å². The second-order valence-corrected chi connectivity index (χ2v) is 7.49. The molecule has 1 aromatic rings. The van der Waals surface area contributed by atoms with Crippen LogP contribution in [0.25, 0.3) is 0 Å². The van der Waals surface area contributed by atoms with Gasteiger partial charge in [-0.1, -0.05) is 39.1 Å². The first-order valence-corrected chi connectivity index (χ1v) is 8.63. The summed E-state index contributed by atoms with van der Waals surface area (Å²) >= 11 is 15.4. The quantitative estimate of drug-likeness (QED) is 0.533. The second-order valence-electron chi connectivity index (χ2n) is 5.88. The third kappa shape index (κ3) is 5.01. The molecule has 4 nitrogen and oxygen atoms in total. The van der Waals surface area contributed by atoms with Gasteiger partial charge < -0.3 is 19.5 Å². The van der Waals surface area contributed by atoms with Crippen LogP contribution < -0.4 is 10.2 Å². The van der Waals surface area contributed by atoms with E-state index in [0.717, 1.165) is 0 Å². The highest BCUT2D eigenvalue weighted by atomic mass is 79.9. The van der Waals surface area contributed by atoms with Crippen LogP contribution in [0.15, 0.2) is 12.1 Å². The zero-order chi connectivity index (χ0) is 17.1. The fraction of sp³-hybridized carbons (Fsp3) is 0.571. The standard InChI is InChI=1S/C14H20BBrCl2O4/c1-13(2,19)14(3,4)22-15(20)9-7-12(21-6-5-16)11(18)8-10(9)17/h7-8,19-20H,5-6H2,1-4H3. The van der Waals surface area contributed by atoms with E-state index < -0.39 is 18.3 Å². The molecule has 0 atom stereocenters. The highest BCUT2D eigenvalue weighted by Gasteiger charge is 2.40. The van der Waals surface area contributed by atoms with Crippen LogP contribution in [0.5, 0.6) is 5.75 Å². The molecule has 0 saturated carbocycles. The number of rotatable bonds is 7. The zero-order valence-corrected chi connectivity index (χ0v) is 16.1. The molecule has 1 rings (SSSR count). The van der Waals surface area contributed by atoms with Crippen LogP contribution in [0.4, 0.5) is 0 Å². The van der Waals surface area contributed by atoms with Crippen molar-refractivity contribution in [1.82, 2.24) is 0 Å². The molecule has 124 valence electrons. The fourth-order valence-electron chi connectivity index (χ4n) is 1.48. The number of alkyl halides is 1. The van der Waals surface area contributed by atoms with Crippen LogP contribution >= 0.6 is 39.1 Å². The van der Waals surface area contributed by atoms with Gasteiger partial charge in [-0.2, -0.15) is 0 Å². The summed E-state index contributed by atoms with van der Waals surface area (Å²) in [6.45, 7) is 7.00. The van der Waals surface area contributed by atoms with Crippen LogP contribution in [0.1, 0.15) is 27.7 Å². The molecular formula is C14H20BBrCl2O4. The van der Waals surface area contributed by atoms with E-state index in [-0.39, 0.29) is 5.02 Å². The first kappa shape index (κ1) is 20.1. The Morgan fingerprint density at radius 3 is 2.27 bits per heavy atom. The molecule has 0 radical (unpaired) electrons. The maximum Gasteiger partial charge on any atom is 0.493 e. The Bertz CT molecular complexity index is 520. The van der Waals surface area contributed by atoms with Gasteiger partial charge in [0, 0.05) is 15.8 Å². The molecule has 0 unspecified atom stereocenters. The number of halogens is 3. The number of ether oxygens (including phenoxy) is 1. The van der Waals surface area contributed by atoms with Gasteiger partial charge in [0.25, 0.3) is 0 Å². The van der Waals surface area contributed by atoms with Gasteiger partial charge in [-0.25, -0.2) is 0 Å². The fourth-order valence-corrected chi connectivity index (χ4v) is 2.17. The molecule has 0 aliphatic rings. The maximum absolute atomic E-state index is 10.3. The highest BCUT2D eigenvalue weighted by Crippen LogP contribution is 2.29. The topological polar surface area (TPSA) is 58.9 Å². The predicted molar refractivity (Wildman–Crippen MR) is 94.8 cm³/mol. The van der Waals surface area contributed by atoms with Gasteiger partial charge >= 0.3 is 7.12 Å². The summed E-state index contributed by atoms with van der Waals surface area (Å²) < 4.78 is 11.1. The van der Waals surface area contributed by atoms with Crippen molar-refractivity contribution < 1.29 is 19.5 Å². The van der Waals surface area contributed by atoms with E-state index in [2.05, 4.69) is 15.9 Å². The van der Waals surface area contributed by atoms with Gasteiger partial charge in [-0.3, -0.25) is 0 Å². The van der Waals surface area contributed by atoms with E-state index in [1.165, 1.54) is 6.07 Å². The lowest BCUT2D eigenvalue weighted by molar-refractivity contribution is -0.0982. The molecule has 22 heavy (non-hydrogen) atoms. The number of aliphatic hydroxyl groups is 1. The lowest BCUT2D eigenvalue weighted by Crippen LogP contribution is -2.53. The van der Waals surface area contributed by atoms with E-state index in [0.29, 0.717) is 28.2 Å². The monoisotopic (exact) mass is 412 g/mol. The summed E-state index contributed by atoms with van der Waals surface area (Å²) in [5, 5.41) is 21.7. The van der Waals surface area contributed by atoms with Gasteiger partial charge in [-0.05, 0) is 39.8 Å². The Labute approximate surface area is 150 Å². The Morgan fingerprint density at radius 2 is 1.77 bits per heavy atom. The van der Waals surface area contributed by atoms with Crippen LogP contribution in [-0.4, -0.2) is 40.4 Å². The molecule has 0 fully saturated rings. The van der Waals surface area contributed by atoms with Gasteiger partial charge in [0.1, 0.15) is 5.75 Å². The van der Waals surface area contributed by atoms with Crippen LogP contribution in [-0.2, 0) is 4.65 Å². The molecule has 0 aliphatic carbocycles. The Balaban J connectivity index is 3.05. The van der Waals surface area contributed by atoms with E-state index in [9.17, 15) is 10.1 Å². The van der Waals surface area contributed by atoms with E-state index in [1.54, 1.807) is 33.8 Å². The minimum absolute atomic E-state index is 0.259. The minimum Gasteiger partial charge on any atom is -0.491 e. The smallest absolute Gasteiger partial charge is 0.491 e. The first-order valence-electron chi connectivity index (χ1n) is 6.75. The normalized spacial score (nSPS) is 12.4. The van der Waals surface area contributed by atoms with Gasteiger partial charge in [0.2, 0.25) is 0 Å². The summed E-state index contributed by atoms with van der Waals surface area (Å²) in [6, 6.07) is 3.03. The van der Waals surface area contributed by atoms with Gasteiger partial charge in [-0.15, -0.1) is 0 Å². The predicted octanol–water partition coefficient (Wildman–Crippen LogP) is 3.02. The second kappa shape index (κ2) is 7.73. The van der Waals surface area contributed by atoms with Crippen LogP contribution in [0.3, 0.4) is 0 Å². The third-order valence-corrected chi connectivity index (χ3v) is 4.48. The van der Waals surface area contributed by atoms with Crippen molar-refractivity contribution >= 4 is 51.7 Å². The van der Waals surface area contributed by atoms with Crippen molar-refractivity contribution in [3.05, 3.63) is 22.2 Å². The third-order valence-electron chi connectivity index (χ3n) is 3.53. The van der Waals surface area contributed by atoms with Gasteiger partial charge in [0.05, 0.1) is 22.8 Å². The molecule has 0 spiro atoms. The molecule has 0 saturated heterocycles. The highest BCUT2D eigenvalue weighted by molar-refractivity contribution is 9.09. The SMILES string of the molecule is CC(C)(O)C(C)(C)OB(O)c1cc(OCCBr)c(Cl)cc1Cl. The van der Waals surface area contributed by atoms with Crippen LogP contribution in [0, 0.1) is 0 Å². The number of benzene rings is 1. The summed E-state index contributed by atoms with van der Waals surface area (Å²) in [4.78, 5) is 0. The van der Waals surface area contributed by atoms with Crippen molar-refractivity contribution in [2.45, 2.75) is 38.9 Å². The van der Waals surface area contributed by atoms with Crippen molar-refractivity contribution in [2.24, 2.45) is 0 Å². The van der Waals surface area contributed by atoms with E-state index >= 15 is 0 Å². The number of hydrogen-bond donors (Lipinski definition) is 2. The molecule has 2 N–H and O–H groups in total. The van der Waals surface area contributed by atoms with E-state index in [4.69, 9.17) is 32.6 Å². The molecular weight excluding hydrogens is 394 g/mol. The summed E-state index contributed by atoms with van der Waals surface area (Å²) in [7, 11) is -1.32. The Kier molecular flexibility index (Phi) is 7.05. The zero-order valence-electron chi connectivity index (χ0n) is 13.0. The van der Waals surface area contributed by atoms with E-state index in [1.807, 2.05) is 0 Å². The lowest BCUT2D eigenvalue weighted by Gasteiger charge is -2.38. The minimum atomic E-state index is -1.32. The Hall–Kier alpha value is 0.0249.